The maximum absolute atomic E-state index is 12.9. The predicted octanol–water partition coefficient (Wildman–Crippen LogP) is 2.63. The summed E-state index contributed by atoms with van der Waals surface area (Å²) in [5, 5.41) is 0. The highest BCUT2D eigenvalue weighted by molar-refractivity contribution is 5.87. The third-order valence-electron chi connectivity index (χ3n) is 4.91. The van der Waals surface area contributed by atoms with Gasteiger partial charge in [0.1, 0.15) is 5.75 Å². The van der Waals surface area contributed by atoms with Crippen molar-refractivity contribution in [2.75, 3.05) is 13.7 Å². The molecule has 1 aliphatic heterocycles. The summed E-state index contributed by atoms with van der Waals surface area (Å²) in [6, 6.07) is 8.19. The summed E-state index contributed by atoms with van der Waals surface area (Å²) in [5.74, 6) is 0.987. The summed E-state index contributed by atoms with van der Waals surface area (Å²) in [6.07, 6.45) is 5.85. The highest BCUT2D eigenvalue weighted by atomic mass is 16.5. The smallest absolute Gasteiger partial charge is 0.243 e. The highest BCUT2D eigenvalue weighted by Crippen LogP contribution is 2.37. The van der Waals surface area contributed by atoms with Crippen LogP contribution in [0.5, 0.6) is 5.75 Å². The molecule has 0 aromatic heterocycles. The van der Waals surface area contributed by atoms with Gasteiger partial charge < -0.3 is 15.4 Å². The lowest BCUT2D eigenvalue weighted by molar-refractivity contribution is -0.137. The van der Waals surface area contributed by atoms with Crippen LogP contribution in [0.1, 0.15) is 50.1 Å². The number of carbonyl (C=O) groups excluding carboxylic acids is 1. The minimum Gasteiger partial charge on any atom is -0.497 e. The van der Waals surface area contributed by atoms with Gasteiger partial charge in [0, 0.05) is 6.54 Å². The number of carbonyl (C=O) groups is 1. The Bertz CT molecular complexity index is 523. The molecule has 114 valence electrons. The summed E-state index contributed by atoms with van der Waals surface area (Å²) in [7, 11) is 1.67. The van der Waals surface area contributed by atoms with Crippen molar-refractivity contribution in [1.82, 2.24) is 4.90 Å². The minimum atomic E-state index is -0.624. The Labute approximate surface area is 126 Å². The van der Waals surface area contributed by atoms with Gasteiger partial charge in [0.25, 0.3) is 0 Å². The molecule has 1 unspecified atom stereocenters. The van der Waals surface area contributed by atoms with E-state index in [1.54, 1.807) is 7.11 Å². The van der Waals surface area contributed by atoms with Crippen molar-refractivity contribution >= 4 is 5.91 Å². The lowest BCUT2D eigenvalue weighted by Gasteiger charge is -2.33. The second kappa shape index (κ2) is 5.68. The quantitative estimate of drug-likeness (QED) is 0.930. The van der Waals surface area contributed by atoms with E-state index in [2.05, 4.69) is 6.07 Å². The Morgan fingerprint density at radius 2 is 2.10 bits per heavy atom. The van der Waals surface area contributed by atoms with E-state index in [4.69, 9.17) is 10.5 Å². The molecule has 3 rings (SSSR count). The molecular weight excluding hydrogens is 264 g/mol. The van der Waals surface area contributed by atoms with Gasteiger partial charge in [0.15, 0.2) is 0 Å². The molecule has 1 aliphatic carbocycles. The molecule has 4 heteroatoms. The van der Waals surface area contributed by atoms with Crippen LogP contribution in [-0.2, 0) is 4.79 Å². The number of rotatable bonds is 3. The van der Waals surface area contributed by atoms with Crippen molar-refractivity contribution in [3.05, 3.63) is 29.8 Å². The van der Waals surface area contributed by atoms with Gasteiger partial charge in [-0.25, -0.2) is 0 Å². The Balaban J connectivity index is 1.83. The molecule has 1 saturated heterocycles. The van der Waals surface area contributed by atoms with Crippen LogP contribution in [0.4, 0.5) is 0 Å². The molecule has 1 atom stereocenters. The second-order valence-electron chi connectivity index (χ2n) is 6.30. The fourth-order valence-corrected chi connectivity index (χ4v) is 3.71. The molecular formula is C17H24N2O2. The van der Waals surface area contributed by atoms with Crippen LogP contribution in [0.3, 0.4) is 0 Å². The van der Waals surface area contributed by atoms with E-state index in [0.717, 1.165) is 56.4 Å². The predicted molar refractivity (Wildman–Crippen MR) is 82.1 cm³/mol. The van der Waals surface area contributed by atoms with Gasteiger partial charge in [0.2, 0.25) is 5.91 Å². The molecule has 1 aromatic carbocycles. The number of ether oxygens (including phenoxy) is 1. The van der Waals surface area contributed by atoms with Crippen LogP contribution >= 0.6 is 0 Å². The van der Waals surface area contributed by atoms with E-state index >= 15 is 0 Å². The van der Waals surface area contributed by atoms with E-state index in [1.165, 1.54) is 0 Å². The largest absolute Gasteiger partial charge is 0.497 e. The van der Waals surface area contributed by atoms with Gasteiger partial charge in [-0.15, -0.1) is 0 Å². The van der Waals surface area contributed by atoms with E-state index in [0.29, 0.717) is 0 Å². The van der Waals surface area contributed by atoms with Gasteiger partial charge in [-0.05, 0) is 43.4 Å². The third-order valence-corrected chi connectivity index (χ3v) is 4.91. The summed E-state index contributed by atoms with van der Waals surface area (Å²) < 4.78 is 5.30. The van der Waals surface area contributed by atoms with E-state index in [-0.39, 0.29) is 11.9 Å². The van der Waals surface area contributed by atoms with Gasteiger partial charge in [-0.2, -0.15) is 0 Å². The fraction of sp³-hybridized carbons (Fsp3) is 0.588. The molecule has 1 aromatic rings. The number of likely N-dealkylation sites (tertiary alicyclic amines) is 1. The molecule has 1 saturated carbocycles. The first kappa shape index (κ1) is 14.4. The van der Waals surface area contributed by atoms with E-state index in [9.17, 15) is 4.79 Å². The minimum absolute atomic E-state index is 0.144. The molecule has 0 bridgehead atoms. The molecule has 4 nitrogen and oxygen atoms in total. The average Bonchev–Trinajstić information content (AvgIpc) is 3.16. The normalized spacial score (nSPS) is 24.3. The summed E-state index contributed by atoms with van der Waals surface area (Å²) in [5.41, 5.74) is 6.89. The summed E-state index contributed by atoms with van der Waals surface area (Å²) in [6.45, 7) is 0.819. The van der Waals surface area contributed by atoms with Crippen molar-refractivity contribution in [1.29, 1.82) is 0 Å². The molecule has 0 spiro atoms. The van der Waals surface area contributed by atoms with Crippen molar-refractivity contribution in [3.8, 4) is 5.75 Å². The van der Waals surface area contributed by atoms with Gasteiger partial charge in [-0.1, -0.05) is 25.0 Å². The summed E-state index contributed by atoms with van der Waals surface area (Å²) in [4.78, 5) is 14.9. The average molecular weight is 288 g/mol. The molecule has 1 heterocycles. The zero-order chi connectivity index (χ0) is 14.9. The first-order valence-corrected chi connectivity index (χ1v) is 7.88. The number of methoxy groups -OCH3 is 1. The third kappa shape index (κ3) is 2.64. The van der Waals surface area contributed by atoms with Crippen LogP contribution < -0.4 is 10.5 Å². The zero-order valence-electron chi connectivity index (χ0n) is 12.7. The fourth-order valence-electron chi connectivity index (χ4n) is 3.71. The van der Waals surface area contributed by atoms with E-state index in [1.807, 2.05) is 23.1 Å². The lowest BCUT2D eigenvalue weighted by Crippen LogP contribution is -2.53. The monoisotopic (exact) mass is 288 g/mol. The van der Waals surface area contributed by atoms with Crippen LogP contribution in [0.25, 0.3) is 0 Å². The van der Waals surface area contributed by atoms with Crippen LogP contribution in [0.15, 0.2) is 24.3 Å². The van der Waals surface area contributed by atoms with Gasteiger partial charge >= 0.3 is 0 Å². The molecule has 2 fully saturated rings. The topological polar surface area (TPSA) is 55.6 Å². The van der Waals surface area contributed by atoms with Crippen molar-refractivity contribution in [3.63, 3.8) is 0 Å². The Kier molecular flexibility index (Phi) is 3.89. The molecule has 1 amide bonds. The van der Waals surface area contributed by atoms with Crippen molar-refractivity contribution in [2.24, 2.45) is 5.73 Å². The summed E-state index contributed by atoms with van der Waals surface area (Å²) >= 11 is 0. The van der Waals surface area contributed by atoms with Crippen LogP contribution in [0.2, 0.25) is 0 Å². The van der Waals surface area contributed by atoms with Crippen molar-refractivity contribution < 1.29 is 9.53 Å². The maximum atomic E-state index is 12.9. The molecule has 2 N–H and O–H groups in total. The molecule has 0 radical (unpaired) electrons. The standard InChI is InChI=1S/C17H24N2O2/c1-21-14-7-4-6-13(12-14)15-8-5-11-19(15)16(20)17(18)9-2-3-10-17/h4,6-7,12,15H,2-3,5,8-11,18H2,1H3. The Hall–Kier alpha value is -1.55. The highest BCUT2D eigenvalue weighted by Gasteiger charge is 2.43. The zero-order valence-corrected chi connectivity index (χ0v) is 12.7. The molecule has 21 heavy (non-hydrogen) atoms. The van der Waals surface area contributed by atoms with Crippen LogP contribution in [-0.4, -0.2) is 30.0 Å². The Morgan fingerprint density at radius 3 is 2.81 bits per heavy atom. The van der Waals surface area contributed by atoms with Crippen molar-refractivity contribution in [2.45, 2.75) is 50.1 Å². The number of nitrogens with two attached hydrogens (primary N) is 1. The van der Waals surface area contributed by atoms with Crippen LogP contribution in [0, 0.1) is 0 Å². The first-order valence-electron chi connectivity index (χ1n) is 7.88. The second-order valence-corrected chi connectivity index (χ2v) is 6.30. The molecule has 2 aliphatic rings. The first-order chi connectivity index (χ1) is 10.1. The van der Waals surface area contributed by atoms with Gasteiger partial charge in [-0.3, -0.25) is 4.79 Å². The SMILES string of the molecule is COc1cccc(C2CCCN2C(=O)C2(N)CCCC2)c1. The van der Waals surface area contributed by atoms with E-state index < -0.39 is 5.54 Å². The number of hydrogen-bond donors (Lipinski definition) is 1. The number of amides is 1. The lowest BCUT2D eigenvalue weighted by atomic mass is 9.95. The number of nitrogens with zero attached hydrogens (tertiary/aromatic N) is 1. The maximum Gasteiger partial charge on any atom is 0.243 e. The number of hydrogen-bond acceptors (Lipinski definition) is 3. The Morgan fingerprint density at radius 1 is 1.33 bits per heavy atom. The van der Waals surface area contributed by atoms with Gasteiger partial charge in [0.05, 0.1) is 18.7 Å². The number of benzene rings is 1.